The molecule has 1 N–H and O–H groups in total. The van der Waals surface area contributed by atoms with Crippen molar-refractivity contribution in [2.45, 2.75) is 6.92 Å². The van der Waals surface area contributed by atoms with Gasteiger partial charge >= 0.3 is 6.03 Å². The summed E-state index contributed by atoms with van der Waals surface area (Å²) in [6.45, 7) is 2.68. The van der Waals surface area contributed by atoms with E-state index in [0.717, 1.165) is 22.2 Å². The SMILES string of the molecule is CNC(=O)N1CCN(c2cc(OC)cc3c2cc(C)c(=O)n3C)c2cc(C#N)c(-c3cnn(C)c3)cc21. The second-order valence-corrected chi connectivity index (χ2v) is 9.03. The van der Waals surface area contributed by atoms with Crippen LogP contribution >= 0.6 is 0 Å². The summed E-state index contributed by atoms with van der Waals surface area (Å²) in [6, 6.07) is 11.4. The number of urea groups is 1. The first kappa shape index (κ1) is 23.9. The number of carbonyl (C=O) groups is 1. The van der Waals surface area contributed by atoms with Crippen molar-refractivity contribution in [1.82, 2.24) is 19.7 Å². The first-order chi connectivity index (χ1) is 17.8. The monoisotopic (exact) mass is 497 g/mol. The zero-order valence-electron chi connectivity index (χ0n) is 21.4. The van der Waals surface area contributed by atoms with Crippen molar-refractivity contribution in [3.05, 3.63) is 64.2 Å². The van der Waals surface area contributed by atoms with Crippen LogP contribution in [0, 0.1) is 18.3 Å². The molecule has 0 atom stereocenters. The Morgan fingerprint density at radius 2 is 1.89 bits per heavy atom. The third-order valence-electron chi connectivity index (χ3n) is 6.84. The summed E-state index contributed by atoms with van der Waals surface area (Å²) in [5.74, 6) is 0.601. The van der Waals surface area contributed by atoms with Crippen molar-refractivity contribution < 1.29 is 9.53 Å². The van der Waals surface area contributed by atoms with Gasteiger partial charge in [0.2, 0.25) is 0 Å². The number of fused-ring (bicyclic) bond motifs is 2. The smallest absolute Gasteiger partial charge is 0.321 e. The molecule has 3 heterocycles. The predicted molar refractivity (Wildman–Crippen MR) is 143 cm³/mol. The summed E-state index contributed by atoms with van der Waals surface area (Å²) < 4.78 is 8.88. The number of nitrogens with zero attached hydrogens (tertiary/aromatic N) is 6. The van der Waals surface area contributed by atoms with Gasteiger partial charge in [-0.05, 0) is 25.1 Å². The lowest BCUT2D eigenvalue weighted by Crippen LogP contribution is -2.46. The minimum absolute atomic E-state index is 0.0792. The highest BCUT2D eigenvalue weighted by Gasteiger charge is 2.30. The number of nitriles is 1. The Labute approximate surface area is 213 Å². The molecule has 5 rings (SSSR count). The molecule has 0 aliphatic carbocycles. The second-order valence-electron chi connectivity index (χ2n) is 9.03. The van der Waals surface area contributed by atoms with Crippen molar-refractivity contribution >= 4 is 34.0 Å². The molecule has 37 heavy (non-hydrogen) atoms. The predicted octanol–water partition coefficient (Wildman–Crippen LogP) is 3.43. The minimum Gasteiger partial charge on any atom is -0.497 e. The number of aromatic nitrogens is 3. The second kappa shape index (κ2) is 9.02. The van der Waals surface area contributed by atoms with Crippen LogP contribution in [0.1, 0.15) is 11.1 Å². The highest BCUT2D eigenvalue weighted by Crippen LogP contribution is 2.44. The van der Waals surface area contributed by atoms with E-state index in [-0.39, 0.29) is 11.6 Å². The summed E-state index contributed by atoms with van der Waals surface area (Å²) >= 11 is 0. The van der Waals surface area contributed by atoms with E-state index in [1.54, 1.807) is 48.5 Å². The van der Waals surface area contributed by atoms with Gasteiger partial charge in [-0.15, -0.1) is 0 Å². The van der Waals surface area contributed by atoms with Crippen molar-refractivity contribution in [3.63, 3.8) is 0 Å². The van der Waals surface area contributed by atoms with Gasteiger partial charge in [0.15, 0.2) is 0 Å². The Bertz CT molecular complexity index is 1660. The third kappa shape index (κ3) is 3.85. The van der Waals surface area contributed by atoms with Crippen LogP contribution in [-0.4, -0.2) is 47.6 Å². The minimum atomic E-state index is -0.239. The first-order valence-corrected chi connectivity index (χ1v) is 11.8. The van der Waals surface area contributed by atoms with Crippen LogP contribution in [0.4, 0.5) is 21.9 Å². The van der Waals surface area contributed by atoms with E-state index < -0.39 is 0 Å². The van der Waals surface area contributed by atoms with Gasteiger partial charge in [-0.3, -0.25) is 14.4 Å². The maximum absolute atomic E-state index is 12.9. The van der Waals surface area contributed by atoms with E-state index in [0.29, 0.717) is 46.9 Å². The molecule has 2 amide bonds. The number of aryl methyl sites for hydroxylation is 3. The molecular formula is C27H27N7O3. The molecule has 10 nitrogen and oxygen atoms in total. The number of rotatable bonds is 3. The van der Waals surface area contributed by atoms with Gasteiger partial charge in [0.1, 0.15) is 5.75 Å². The molecular weight excluding hydrogens is 470 g/mol. The summed E-state index contributed by atoms with van der Waals surface area (Å²) in [7, 11) is 6.74. The molecule has 0 fully saturated rings. The fraction of sp³-hybridized carbons (Fsp3) is 0.259. The van der Waals surface area contributed by atoms with Crippen LogP contribution in [0.3, 0.4) is 0 Å². The maximum Gasteiger partial charge on any atom is 0.321 e. The van der Waals surface area contributed by atoms with Gasteiger partial charge in [0.05, 0.1) is 47.5 Å². The van der Waals surface area contributed by atoms with Gasteiger partial charge in [0.25, 0.3) is 5.56 Å². The fourth-order valence-electron chi connectivity index (χ4n) is 4.95. The van der Waals surface area contributed by atoms with E-state index in [1.165, 1.54) is 0 Å². The van der Waals surface area contributed by atoms with Gasteiger partial charge in [-0.2, -0.15) is 10.4 Å². The summed E-state index contributed by atoms with van der Waals surface area (Å²) in [6.07, 6.45) is 3.54. The fourth-order valence-corrected chi connectivity index (χ4v) is 4.95. The van der Waals surface area contributed by atoms with Crippen LogP contribution in [0.5, 0.6) is 5.75 Å². The number of ether oxygens (including phenoxy) is 1. The molecule has 0 saturated heterocycles. The van der Waals surface area contributed by atoms with E-state index in [2.05, 4.69) is 21.4 Å². The van der Waals surface area contributed by atoms with Gasteiger partial charge in [0, 0.05) is 74.6 Å². The molecule has 0 spiro atoms. The summed E-state index contributed by atoms with van der Waals surface area (Å²) in [5.41, 5.74) is 5.41. The van der Waals surface area contributed by atoms with E-state index in [4.69, 9.17) is 4.74 Å². The summed E-state index contributed by atoms with van der Waals surface area (Å²) in [5, 5.41) is 17.9. The third-order valence-corrected chi connectivity index (χ3v) is 6.84. The van der Waals surface area contributed by atoms with Crippen LogP contribution in [-0.2, 0) is 14.1 Å². The van der Waals surface area contributed by atoms with Crippen LogP contribution in [0.2, 0.25) is 0 Å². The molecule has 0 radical (unpaired) electrons. The topological polar surface area (TPSA) is 108 Å². The van der Waals surface area contributed by atoms with E-state index >= 15 is 0 Å². The highest BCUT2D eigenvalue weighted by atomic mass is 16.5. The molecule has 10 heteroatoms. The first-order valence-electron chi connectivity index (χ1n) is 11.8. The summed E-state index contributed by atoms with van der Waals surface area (Å²) in [4.78, 5) is 29.3. The number of methoxy groups -OCH3 is 1. The number of nitrogens with one attached hydrogen (secondary N) is 1. The average molecular weight is 498 g/mol. The number of benzene rings is 2. The van der Waals surface area contributed by atoms with Crippen LogP contribution < -0.4 is 25.4 Å². The van der Waals surface area contributed by atoms with Crippen LogP contribution in [0.25, 0.3) is 22.0 Å². The van der Waals surface area contributed by atoms with Gasteiger partial charge in [-0.25, -0.2) is 4.79 Å². The van der Waals surface area contributed by atoms with Crippen molar-refractivity contribution in [3.8, 4) is 22.9 Å². The molecule has 1 aliphatic heterocycles. The normalized spacial score (nSPS) is 12.9. The molecule has 0 bridgehead atoms. The number of hydrogen-bond acceptors (Lipinski definition) is 6. The lowest BCUT2D eigenvalue weighted by molar-refractivity contribution is 0.248. The number of hydrogen-bond donors (Lipinski definition) is 1. The molecule has 188 valence electrons. The van der Waals surface area contributed by atoms with Gasteiger partial charge in [-0.1, -0.05) is 0 Å². The largest absolute Gasteiger partial charge is 0.497 e. The van der Waals surface area contributed by atoms with Gasteiger partial charge < -0.3 is 19.5 Å². The molecule has 1 aliphatic rings. The van der Waals surface area contributed by atoms with E-state index in [9.17, 15) is 14.9 Å². The highest BCUT2D eigenvalue weighted by molar-refractivity contribution is 6.03. The average Bonchev–Trinajstić information content (AvgIpc) is 3.35. The van der Waals surface area contributed by atoms with E-state index in [1.807, 2.05) is 43.6 Å². The standard InChI is InChI=1S/C27H27N7O3/c1-16-8-21-22(32(4)26(16)35)10-19(37-5)11-23(21)33-6-7-34(27(36)29-2)25-12-20(17(13-28)9-24(25)33)18-14-30-31(3)15-18/h8-12,14-15H,6-7H2,1-5H3,(H,29,36). The van der Waals surface area contributed by atoms with Crippen molar-refractivity contribution in [2.75, 3.05) is 37.0 Å². The van der Waals surface area contributed by atoms with Crippen molar-refractivity contribution in [2.24, 2.45) is 14.1 Å². The Morgan fingerprint density at radius 1 is 1.11 bits per heavy atom. The van der Waals surface area contributed by atoms with Crippen molar-refractivity contribution in [1.29, 1.82) is 5.26 Å². The molecule has 0 unspecified atom stereocenters. The Hall–Kier alpha value is -4.78. The zero-order valence-corrected chi connectivity index (χ0v) is 21.4. The number of pyridine rings is 1. The Balaban J connectivity index is 1.80. The van der Waals surface area contributed by atoms with Crippen LogP contribution in [0.15, 0.2) is 47.5 Å². The number of amides is 2. The quantitative estimate of drug-likeness (QED) is 0.465. The molecule has 2 aromatic heterocycles. The Morgan fingerprint density at radius 3 is 2.54 bits per heavy atom. The number of carbonyl (C=O) groups excluding carboxylic acids is 1. The lowest BCUT2D eigenvalue weighted by Gasteiger charge is -2.38. The molecule has 0 saturated carbocycles. The zero-order chi connectivity index (χ0) is 26.4. The number of anilines is 3. The molecule has 4 aromatic rings. The Kier molecular flexibility index (Phi) is 5.84. The maximum atomic E-state index is 12.9. The molecule has 2 aromatic carbocycles. The lowest BCUT2D eigenvalue weighted by atomic mass is 9.98.